The van der Waals surface area contributed by atoms with E-state index in [0.717, 1.165) is 22.5 Å². The van der Waals surface area contributed by atoms with Gasteiger partial charge >= 0.3 is 0 Å². The Labute approximate surface area is 141 Å². The molecule has 1 atom stereocenters. The summed E-state index contributed by atoms with van der Waals surface area (Å²) in [7, 11) is 0. The number of anilines is 2. The molecule has 0 aliphatic carbocycles. The molecule has 0 radical (unpaired) electrons. The van der Waals surface area contributed by atoms with Crippen LogP contribution in [0, 0.1) is 0 Å². The Morgan fingerprint density at radius 3 is 2.12 bits per heavy atom. The molecule has 2 N–H and O–H groups in total. The van der Waals surface area contributed by atoms with Crippen molar-refractivity contribution in [3.05, 3.63) is 79.1 Å². The number of nitrogens with one attached hydrogen (secondary N) is 2. The van der Waals surface area contributed by atoms with Crippen LogP contribution in [0.25, 0.3) is 11.1 Å². The largest absolute Gasteiger partial charge is 0.374 e. The minimum absolute atomic E-state index is 0.0736. The molecular formula is C20H19N3O. The molecule has 1 aromatic heterocycles. The van der Waals surface area contributed by atoms with E-state index in [0.29, 0.717) is 0 Å². The number of amides is 1. The molecule has 0 bridgehead atoms. The third kappa shape index (κ3) is 3.98. The second-order valence-corrected chi connectivity index (χ2v) is 5.53. The van der Waals surface area contributed by atoms with Gasteiger partial charge in [-0.25, -0.2) is 0 Å². The summed E-state index contributed by atoms with van der Waals surface area (Å²) in [6, 6.07) is 21.1. The molecule has 3 rings (SSSR count). The standard InChI is InChI=1S/C20H19N3O/c1-15(22-18-5-3-2-4-6-18)20(24)23-19-9-7-16(8-10-19)17-11-13-21-14-12-17/h2-15,22H,1H3,(H,23,24). The molecule has 1 heterocycles. The Morgan fingerprint density at radius 2 is 1.46 bits per heavy atom. The van der Waals surface area contributed by atoms with E-state index >= 15 is 0 Å². The second-order valence-electron chi connectivity index (χ2n) is 5.53. The summed E-state index contributed by atoms with van der Waals surface area (Å²) in [5.74, 6) is -0.0736. The van der Waals surface area contributed by atoms with Gasteiger partial charge in [-0.1, -0.05) is 30.3 Å². The second kappa shape index (κ2) is 7.42. The third-order valence-corrected chi connectivity index (χ3v) is 3.72. The number of benzene rings is 2. The van der Waals surface area contributed by atoms with E-state index in [9.17, 15) is 4.79 Å². The van der Waals surface area contributed by atoms with Crippen LogP contribution in [0.4, 0.5) is 11.4 Å². The molecule has 24 heavy (non-hydrogen) atoms. The molecule has 0 aliphatic rings. The molecule has 2 aromatic carbocycles. The minimum atomic E-state index is -0.327. The van der Waals surface area contributed by atoms with Gasteiger partial charge in [-0.05, 0) is 54.4 Å². The fourth-order valence-electron chi connectivity index (χ4n) is 2.39. The highest BCUT2D eigenvalue weighted by Gasteiger charge is 2.12. The van der Waals surface area contributed by atoms with Gasteiger partial charge in [0.2, 0.25) is 5.91 Å². The molecule has 0 saturated heterocycles. The Hall–Kier alpha value is -3.14. The van der Waals surface area contributed by atoms with Crippen LogP contribution in [0.5, 0.6) is 0 Å². The summed E-state index contributed by atoms with van der Waals surface area (Å²) in [4.78, 5) is 16.3. The molecule has 0 aliphatic heterocycles. The fraction of sp³-hybridized carbons (Fsp3) is 0.100. The first-order valence-corrected chi connectivity index (χ1v) is 7.85. The van der Waals surface area contributed by atoms with Crippen molar-refractivity contribution >= 4 is 17.3 Å². The van der Waals surface area contributed by atoms with Gasteiger partial charge in [-0.3, -0.25) is 9.78 Å². The van der Waals surface area contributed by atoms with Crippen LogP contribution < -0.4 is 10.6 Å². The maximum absolute atomic E-state index is 12.3. The highest BCUT2D eigenvalue weighted by atomic mass is 16.2. The van der Waals surface area contributed by atoms with Gasteiger partial charge < -0.3 is 10.6 Å². The SMILES string of the molecule is CC(Nc1ccccc1)C(=O)Nc1ccc(-c2ccncc2)cc1. The van der Waals surface area contributed by atoms with Crippen molar-refractivity contribution < 1.29 is 4.79 Å². The summed E-state index contributed by atoms with van der Waals surface area (Å²) in [5, 5.41) is 6.11. The molecule has 3 aromatic rings. The van der Waals surface area contributed by atoms with Gasteiger partial charge in [-0.15, -0.1) is 0 Å². The van der Waals surface area contributed by atoms with Crippen LogP contribution in [0.3, 0.4) is 0 Å². The third-order valence-electron chi connectivity index (χ3n) is 3.72. The number of aromatic nitrogens is 1. The number of para-hydroxylation sites is 1. The summed E-state index contributed by atoms with van der Waals surface area (Å²) in [6.07, 6.45) is 3.53. The van der Waals surface area contributed by atoms with Crippen molar-refractivity contribution in [3.8, 4) is 11.1 Å². The van der Waals surface area contributed by atoms with E-state index in [4.69, 9.17) is 0 Å². The average Bonchev–Trinajstić information content (AvgIpc) is 2.64. The number of pyridine rings is 1. The van der Waals surface area contributed by atoms with Crippen LogP contribution in [-0.4, -0.2) is 16.9 Å². The van der Waals surface area contributed by atoms with E-state index in [1.165, 1.54) is 0 Å². The molecule has 120 valence electrons. The summed E-state index contributed by atoms with van der Waals surface area (Å²) < 4.78 is 0. The topological polar surface area (TPSA) is 54.0 Å². The molecule has 4 heteroatoms. The lowest BCUT2D eigenvalue weighted by Gasteiger charge is -2.15. The number of hydrogen-bond donors (Lipinski definition) is 2. The lowest BCUT2D eigenvalue weighted by molar-refractivity contribution is -0.116. The number of carbonyl (C=O) groups is 1. The first kappa shape index (κ1) is 15.7. The zero-order valence-corrected chi connectivity index (χ0v) is 13.4. The number of nitrogens with zero attached hydrogens (tertiary/aromatic N) is 1. The quantitative estimate of drug-likeness (QED) is 0.742. The monoisotopic (exact) mass is 317 g/mol. The highest BCUT2D eigenvalue weighted by Crippen LogP contribution is 2.20. The molecule has 0 spiro atoms. The van der Waals surface area contributed by atoms with Gasteiger partial charge in [0.1, 0.15) is 6.04 Å². The van der Waals surface area contributed by atoms with Gasteiger partial charge in [0.05, 0.1) is 0 Å². The summed E-state index contributed by atoms with van der Waals surface area (Å²) >= 11 is 0. The summed E-state index contributed by atoms with van der Waals surface area (Å²) in [5.41, 5.74) is 3.89. The number of carbonyl (C=O) groups excluding carboxylic acids is 1. The maximum Gasteiger partial charge on any atom is 0.246 e. The van der Waals surface area contributed by atoms with Crippen molar-refractivity contribution in [3.63, 3.8) is 0 Å². The number of rotatable bonds is 5. The summed E-state index contributed by atoms with van der Waals surface area (Å²) in [6.45, 7) is 1.84. The van der Waals surface area contributed by atoms with Crippen LogP contribution in [0.2, 0.25) is 0 Å². The number of hydrogen-bond acceptors (Lipinski definition) is 3. The fourth-order valence-corrected chi connectivity index (χ4v) is 2.39. The molecule has 4 nitrogen and oxygen atoms in total. The molecular weight excluding hydrogens is 298 g/mol. The van der Waals surface area contributed by atoms with E-state index in [1.807, 2.05) is 73.7 Å². The van der Waals surface area contributed by atoms with E-state index < -0.39 is 0 Å². The van der Waals surface area contributed by atoms with Gasteiger partial charge in [0.15, 0.2) is 0 Å². The maximum atomic E-state index is 12.3. The lowest BCUT2D eigenvalue weighted by Crippen LogP contribution is -2.31. The van der Waals surface area contributed by atoms with Gasteiger partial charge in [-0.2, -0.15) is 0 Å². The Balaban J connectivity index is 1.62. The van der Waals surface area contributed by atoms with Gasteiger partial charge in [0, 0.05) is 23.8 Å². The van der Waals surface area contributed by atoms with Gasteiger partial charge in [0.25, 0.3) is 0 Å². The van der Waals surface area contributed by atoms with Crippen LogP contribution in [0.1, 0.15) is 6.92 Å². The molecule has 1 unspecified atom stereocenters. The van der Waals surface area contributed by atoms with Crippen LogP contribution in [0.15, 0.2) is 79.1 Å². The predicted molar refractivity (Wildman–Crippen MR) is 97.8 cm³/mol. The normalized spacial score (nSPS) is 11.5. The van der Waals surface area contributed by atoms with E-state index in [1.54, 1.807) is 12.4 Å². The molecule has 0 fully saturated rings. The average molecular weight is 317 g/mol. The highest BCUT2D eigenvalue weighted by molar-refractivity contribution is 5.96. The van der Waals surface area contributed by atoms with Crippen molar-refractivity contribution in [2.45, 2.75) is 13.0 Å². The lowest BCUT2D eigenvalue weighted by atomic mass is 10.1. The van der Waals surface area contributed by atoms with Crippen molar-refractivity contribution in [1.29, 1.82) is 0 Å². The minimum Gasteiger partial charge on any atom is -0.374 e. The van der Waals surface area contributed by atoms with Crippen molar-refractivity contribution in [1.82, 2.24) is 4.98 Å². The Morgan fingerprint density at radius 1 is 0.833 bits per heavy atom. The van der Waals surface area contributed by atoms with Crippen molar-refractivity contribution in [2.75, 3.05) is 10.6 Å². The molecule has 1 amide bonds. The Kier molecular flexibility index (Phi) is 4.87. The molecule has 0 saturated carbocycles. The Bertz CT molecular complexity index is 786. The first-order valence-electron chi connectivity index (χ1n) is 7.85. The zero-order valence-electron chi connectivity index (χ0n) is 13.4. The zero-order chi connectivity index (χ0) is 16.8. The van der Waals surface area contributed by atoms with Crippen LogP contribution in [-0.2, 0) is 4.79 Å². The van der Waals surface area contributed by atoms with E-state index in [2.05, 4.69) is 15.6 Å². The smallest absolute Gasteiger partial charge is 0.246 e. The predicted octanol–water partition coefficient (Wildman–Crippen LogP) is 4.19. The van der Waals surface area contributed by atoms with Crippen LogP contribution >= 0.6 is 0 Å². The van der Waals surface area contributed by atoms with Crippen molar-refractivity contribution in [2.24, 2.45) is 0 Å². The van der Waals surface area contributed by atoms with E-state index in [-0.39, 0.29) is 11.9 Å². The first-order chi connectivity index (χ1) is 11.7.